The zero-order valence-corrected chi connectivity index (χ0v) is 17.4. The number of rotatable bonds is 8. The molecule has 0 fully saturated rings. The summed E-state index contributed by atoms with van der Waals surface area (Å²) in [6, 6.07) is 4.89. The average molecular weight is 452 g/mol. The van der Waals surface area contributed by atoms with E-state index in [1.807, 2.05) is 0 Å². The molecule has 2 nitrogen and oxygen atoms in total. The van der Waals surface area contributed by atoms with E-state index >= 15 is 0 Å². The van der Waals surface area contributed by atoms with Crippen molar-refractivity contribution in [2.45, 2.75) is 51.6 Å². The summed E-state index contributed by atoms with van der Waals surface area (Å²) in [7, 11) is 0. The highest BCUT2D eigenvalue weighted by molar-refractivity contribution is 5.65. The number of halogens is 6. The van der Waals surface area contributed by atoms with Gasteiger partial charge < -0.3 is 0 Å². The van der Waals surface area contributed by atoms with Crippen molar-refractivity contribution in [3.05, 3.63) is 71.3 Å². The lowest BCUT2D eigenvalue weighted by Gasteiger charge is -2.10. The number of benzene rings is 2. The maximum absolute atomic E-state index is 14.6. The van der Waals surface area contributed by atoms with Crippen LogP contribution >= 0.6 is 0 Å². The molecule has 8 heteroatoms. The summed E-state index contributed by atoms with van der Waals surface area (Å²) in [5, 5.41) is 0. The number of aromatic nitrogens is 2. The van der Waals surface area contributed by atoms with Gasteiger partial charge in [-0.3, -0.25) is 0 Å². The minimum absolute atomic E-state index is 0.0152. The molecule has 0 saturated heterocycles. The Hall–Kier alpha value is -2.90. The smallest absolute Gasteiger partial charge is 0.236 e. The average Bonchev–Trinajstić information content (AvgIpc) is 2.72. The Kier molecular flexibility index (Phi) is 7.53. The second kappa shape index (κ2) is 10.1. The van der Waals surface area contributed by atoms with Crippen LogP contribution in [0.3, 0.4) is 0 Å². The first-order valence-electron chi connectivity index (χ1n) is 10.4. The molecule has 0 amide bonds. The third kappa shape index (κ3) is 5.66. The predicted octanol–water partition coefficient (Wildman–Crippen LogP) is 7.76. The van der Waals surface area contributed by atoms with Crippen LogP contribution < -0.4 is 0 Å². The standard InChI is InChI=1S/C24H22F6N2/c1-2-3-4-5-6-7-15-10-20(26)22(21(27)11-15)17-13-31-23(32-14-17)16-8-9-18(19(25)12-16)24(28,29)30/h8-14H,2-7H2,1H3. The largest absolute Gasteiger partial charge is 0.419 e. The Morgan fingerprint density at radius 1 is 0.750 bits per heavy atom. The lowest BCUT2D eigenvalue weighted by molar-refractivity contribution is -0.139. The van der Waals surface area contributed by atoms with E-state index < -0.39 is 29.2 Å². The molecule has 0 spiro atoms. The minimum Gasteiger partial charge on any atom is -0.236 e. The highest BCUT2D eigenvalue weighted by atomic mass is 19.4. The van der Waals surface area contributed by atoms with Crippen LogP contribution in [0.25, 0.3) is 22.5 Å². The van der Waals surface area contributed by atoms with Crippen LogP contribution in [-0.4, -0.2) is 9.97 Å². The molecule has 0 unspecified atom stereocenters. The topological polar surface area (TPSA) is 25.8 Å². The van der Waals surface area contributed by atoms with E-state index in [1.165, 1.54) is 12.1 Å². The van der Waals surface area contributed by atoms with Gasteiger partial charge in [-0.2, -0.15) is 13.2 Å². The summed E-state index contributed by atoms with van der Waals surface area (Å²) < 4.78 is 81.1. The molecule has 0 aliphatic rings. The van der Waals surface area contributed by atoms with Gasteiger partial charge in [0.1, 0.15) is 17.5 Å². The van der Waals surface area contributed by atoms with Gasteiger partial charge in [0.05, 0.1) is 11.1 Å². The second-order valence-corrected chi connectivity index (χ2v) is 7.59. The third-order valence-electron chi connectivity index (χ3n) is 5.14. The van der Waals surface area contributed by atoms with Gasteiger partial charge in [0.15, 0.2) is 5.82 Å². The molecular formula is C24H22F6N2. The van der Waals surface area contributed by atoms with Crippen LogP contribution in [0.5, 0.6) is 0 Å². The van der Waals surface area contributed by atoms with Crippen molar-refractivity contribution in [3.63, 3.8) is 0 Å². The summed E-state index contributed by atoms with van der Waals surface area (Å²) in [4.78, 5) is 7.90. The van der Waals surface area contributed by atoms with E-state index in [0.29, 0.717) is 24.1 Å². The van der Waals surface area contributed by atoms with Crippen LogP contribution in [-0.2, 0) is 12.6 Å². The fraction of sp³-hybridized carbons (Fsp3) is 0.333. The van der Waals surface area contributed by atoms with Crippen molar-refractivity contribution < 1.29 is 26.3 Å². The van der Waals surface area contributed by atoms with E-state index in [1.54, 1.807) is 0 Å². The van der Waals surface area contributed by atoms with Crippen molar-refractivity contribution in [3.8, 4) is 22.5 Å². The van der Waals surface area contributed by atoms with Gasteiger partial charge in [0, 0.05) is 23.5 Å². The van der Waals surface area contributed by atoms with Crippen LogP contribution in [0.15, 0.2) is 42.7 Å². The van der Waals surface area contributed by atoms with Crippen molar-refractivity contribution in [2.75, 3.05) is 0 Å². The lowest BCUT2D eigenvalue weighted by Crippen LogP contribution is -2.08. The number of unbranched alkanes of at least 4 members (excludes halogenated alkanes) is 4. The maximum atomic E-state index is 14.6. The Balaban J connectivity index is 1.78. The molecule has 1 aromatic heterocycles. The highest BCUT2D eigenvalue weighted by Crippen LogP contribution is 2.33. The molecule has 0 radical (unpaired) electrons. The highest BCUT2D eigenvalue weighted by Gasteiger charge is 2.34. The molecule has 0 aliphatic heterocycles. The number of hydrogen-bond acceptors (Lipinski definition) is 2. The van der Waals surface area contributed by atoms with Gasteiger partial charge in [-0.05, 0) is 42.7 Å². The van der Waals surface area contributed by atoms with E-state index in [0.717, 1.165) is 50.6 Å². The molecule has 0 aliphatic carbocycles. The Morgan fingerprint density at radius 3 is 1.94 bits per heavy atom. The molecule has 0 saturated carbocycles. The minimum atomic E-state index is -4.82. The fourth-order valence-electron chi connectivity index (χ4n) is 3.47. The van der Waals surface area contributed by atoms with Crippen LogP contribution in [0.1, 0.15) is 50.2 Å². The Bertz CT molecular complexity index is 1040. The first-order chi connectivity index (χ1) is 15.2. The molecule has 0 atom stereocenters. The van der Waals surface area contributed by atoms with Crippen molar-refractivity contribution in [2.24, 2.45) is 0 Å². The number of aryl methyl sites for hydroxylation is 1. The van der Waals surface area contributed by atoms with Gasteiger partial charge in [0.25, 0.3) is 0 Å². The molecule has 170 valence electrons. The molecule has 0 bridgehead atoms. The van der Waals surface area contributed by atoms with Crippen molar-refractivity contribution in [1.82, 2.24) is 9.97 Å². The normalized spacial score (nSPS) is 11.7. The van der Waals surface area contributed by atoms with Crippen LogP contribution in [0, 0.1) is 17.5 Å². The van der Waals surface area contributed by atoms with Crippen LogP contribution in [0.2, 0.25) is 0 Å². The van der Waals surface area contributed by atoms with E-state index in [4.69, 9.17) is 0 Å². The number of alkyl halides is 3. The van der Waals surface area contributed by atoms with E-state index in [2.05, 4.69) is 16.9 Å². The van der Waals surface area contributed by atoms with Gasteiger partial charge >= 0.3 is 6.18 Å². The quantitative estimate of drug-likeness (QED) is 0.258. The fourth-order valence-corrected chi connectivity index (χ4v) is 3.47. The van der Waals surface area contributed by atoms with Gasteiger partial charge in [-0.25, -0.2) is 23.1 Å². The van der Waals surface area contributed by atoms with Gasteiger partial charge in [0.2, 0.25) is 0 Å². The summed E-state index contributed by atoms with van der Waals surface area (Å²) in [6.45, 7) is 2.11. The molecular weight excluding hydrogens is 430 g/mol. The molecule has 1 heterocycles. The molecule has 3 aromatic rings. The second-order valence-electron chi connectivity index (χ2n) is 7.59. The van der Waals surface area contributed by atoms with Gasteiger partial charge in [-0.1, -0.05) is 38.7 Å². The maximum Gasteiger partial charge on any atom is 0.419 e. The Morgan fingerprint density at radius 2 is 1.38 bits per heavy atom. The van der Waals surface area contributed by atoms with Gasteiger partial charge in [-0.15, -0.1) is 0 Å². The zero-order valence-electron chi connectivity index (χ0n) is 17.4. The summed E-state index contributed by atoms with van der Waals surface area (Å²) >= 11 is 0. The van der Waals surface area contributed by atoms with E-state index in [-0.39, 0.29) is 22.5 Å². The zero-order chi connectivity index (χ0) is 23.3. The molecule has 3 rings (SSSR count). The molecule has 2 aromatic carbocycles. The van der Waals surface area contributed by atoms with Crippen LogP contribution in [0.4, 0.5) is 26.3 Å². The Labute approximate surface area is 182 Å². The van der Waals surface area contributed by atoms with Crippen molar-refractivity contribution >= 4 is 0 Å². The molecule has 32 heavy (non-hydrogen) atoms. The predicted molar refractivity (Wildman–Crippen MR) is 110 cm³/mol. The monoisotopic (exact) mass is 452 g/mol. The molecule has 0 N–H and O–H groups in total. The SMILES string of the molecule is CCCCCCCc1cc(F)c(-c2cnc(-c3ccc(C(F)(F)F)c(F)c3)nc2)c(F)c1. The van der Waals surface area contributed by atoms with E-state index in [9.17, 15) is 26.3 Å². The first-order valence-corrected chi connectivity index (χ1v) is 10.4. The summed E-state index contributed by atoms with van der Waals surface area (Å²) in [6.07, 6.45) is 3.26. The summed E-state index contributed by atoms with van der Waals surface area (Å²) in [5.74, 6) is -3.01. The first kappa shape index (κ1) is 23.8. The third-order valence-corrected chi connectivity index (χ3v) is 5.14. The number of hydrogen-bond donors (Lipinski definition) is 0. The summed E-state index contributed by atoms with van der Waals surface area (Å²) in [5.41, 5.74) is -1.03. The van der Waals surface area contributed by atoms with Crippen molar-refractivity contribution in [1.29, 1.82) is 0 Å². The number of nitrogens with zero attached hydrogens (tertiary/aromatic N) is 2. The lowest BCUT2D eigenvalue weighted by atomic mass is 10.0.